The molecule has 23 nitrogen and oxygen atoms in total. The minimum atomic E-state index is -3.69. The van der Waals surface area contributed by atoms with Crippen LogP contribution in [0.15, 0.2) is 254 Å². The Hall–Kier alpha value is -11.6. The zero-order valence-corrected chi connectivity index (χ0v) is 64.1. The highest BCUT2D eigenvalue weighted by Gasteiger charge is 2.20. The van der Waals surface area contributed by atoms with Gasteiger partial charge < -0.3 is 51.8 Å². The molecule has 4 amide bonds. The highest BCUT2D eigenvalue weighted by Crippen LogP contribution is 2.34. The lowest BCUT2D eigenvalue weighted by Gasteiger charge is -2.28. The molecule has 0 bridgehead atoms. The molecule has 0 spiro atoms. The summed E-state index contributed by atoms with van der Waals surface area (Å²) in [7, 11) is -3.69. The Kier molecular flexibility index (Phi) is 30.5. The Balaban J connectivity index is 0.000000157. The van der Waals surface area contributed by atoms with Gasteiger partial charge in [0.1, 0.15) is 11.6 Å². The minimum Gasteiger partial charge on any atom is -0.396 e. The highest BCUT2D eigenvalue weighted by atomic mass is 35.5. The van der Waals surface area contributed by atoms with Crippen LogP contribution in [0.25, 0.3) is 45.0 Å². The first-order valence-corrected chi connectivity index (χ1v) is 38.1. The molecule has 9 N–H and O–H groups in total. The maximum absolute atomic E-state index is 12.6. The van der Waals surface area contributed by atoms with Crippen LogP contribution in [0, 0.1) is 6.92 Å². The SMILES string of the molecule is CCCNc1cc(C(=O)Nc2ccc(Cl)c(-c3ccccn3)c2)ccn1.Cc1nc(NCCO)ccc1C(=O)Nc1ccc(Cl)c(-c2ccccn2)c1.O=C(Nc1ccc(Cl)c(-c2ccccn2)c1)c1ccc(N2CCOCC2)cc1.O=C(Nc1ccc(Cl)c(-c2ccccn2)c1)c1ccc(S(=O)(=O)NCCCO)cc1. The van der Waals surface area contributed by atoms with Crippen molar-refractivity contribution in [2.24, 2.45) is 0 Å². The molecule has 1 aliphatic heterocycles. The van der Waals surface area contributed by atoms with Crippen LogP contribution in [0.4, 0.5) is 40.1 Å². The van der Waals surface area contributed by atoms with Crippen LogP contribution >= 0.6 is 46.4 Å². The first-order valence-electron chi connectivity index (χ1n) is 35.1. The first kappa shape index (κ1) is 82.0. The predicted octanol–water partition coefficient (Wildman–Crippen LogP) is 16.4. The minimum absolute atomic E-state index is 0.0120. The fourth-order valence-electron chi connectivity index (χ4n) is 10.9. The number of morpholine rings is 1. The number of pyridine rings is 6. The van der Waals surface area contributed by atoms with E-state index in [9.17, 15) is 27.6 Å². The summed E-state index contributed by atoms with van der Waals surface area (Å²) in [6.45, 7) is 8.29. The first-order chi connectivity index (χ1) is 53.9. The summed E-state index contributed by atoms with van der Waals surface area (Å²) in [4.78, 5) is 78.5. The third-order valence-corrected chi connectivity index (χ3v) is 19.3. The standard InChI is InChI=1S/C22H20ClN3O2.C21H20ClN3O4S.C20H19ClN4O2.C20H19ClN4O/c23-20-9-6-17(15-19(20)21-3-1-2-10-24-21)25-22(27)16-4-7-18(8-5-16)26-11-13-28-14-12-26;22-19-10-7-16(14-18(19)20-4-1-2-11-23-20)25-21(27)15-5-8-17(9-6-15)30(28,29)24-12-3-13-26;1-13-15(6-8-19(24-13)23-10-11-26)20(27)25-14-5-7-17(21)16(12-14)18-4-2-3-9-22-18;1-2-9-23-19-12-14(8-11-24-19)20(26)25-15-6-7-17(21)16(13-15)18-5-3-4-10-22-18/h1-10,15H,11-14H2,(H,25,27);1-2,4-11,14,24,26H,3,12-13H2,(H,25,27);2-9,12,26H,10-11H2,1H3,(H,23,24)(H,25,27);3-8,10-13H,2,9H2,1H3,(H,23,24)(H,25,26). The van der Waals surface area contributed by atoms with Crippen LogP contribution in [-0.4, -0.2) is 131 Å². The van der Waals surface area contributed by atoms with E-state index in [4.69, 9.17) is 61.4 Å². The Morgan fingerprint density at radius 2 is 0.865 bits per heavy atom. The van der Waals surface area contributed by atoms with E-state index in [2.05, 4.69) is 78.4 Å². The van der Waals surface area contributed by atoms with Crippen LogP contribution < -0.4 is 41.5 Å². The van der Waals surface area contributed by atoms with Gasteiger partial charge in [-0.3, -0.25) is 39.1 Å². The van der Waals surface area contributed by atoms with Crippen molar-refractivity contribution in [1.29, 1.82) is 0 Å². The summed E-state index contributed by atoms with van der Waals surface area (Å²) >= 11 is 25.1. The second-order valence-electron chi connectivity index (χ2n) is 24.4. The van der Waals surface area contributed by atoms with Crippen LogP contribution in [-0.2, 0) is 14.8 Å². The zero-order chi connectivity index (χ0) is 78.5. The Morgan fingerprint density at radius 1 is 0.441 bits per heavy atom. The molecule has 0 radical (unpaired) electrons. The largest absolute Gasteiger partial charge is 0.396 e. The molecule has 1 fully saturated rings. The lowest BCUT2D eigenvalue weighted by molar-refractivity contribution is 0.101. The van der Waals surface area contributed by atoms with Gasteiger partial charge in [0, 0.05) is 138 Å². The Bertz CT molecular complexity index is 5220. The maximum atomic E-state index is 12.6. The molecule has 111 heavy (non-hydrogen) atoms. The van der Waals surface area contributed by atoms with Gasteiger partial charge in [0.15, 0.2) is 0 Å². The fourth-order valence-corrected chi connectivity index (χ4v) is 12.8. The predicted molar refractivity (Wildman–Crippen MR) is 441 cm³/mol. The van der Waals surface area contributed by atoms with Gasteiger partial charge in [0.25, 0.3) is 23.6 Å². The van der Waals surface area contributed by atoms with E-state index in [-0.39, 0.29) is 48.3 Å². The molecule has 0 aliphatic carbocycles. The molecule has 0 unspecified atom stereocenters. The van der Waals surface area contributed by atoms with Crippen molar-refractivity contribution in [2.45, 2.75) is 31.6 Å². The third kappa shape index (κ3) is 24.0. The maximum Gasteiger partial charge on any atom is 0.257 e. The molecule has 6 aromatic heterocycles. The Morgan fingerprint density at radius 3 is 1.27 bits per heavy atom. The summed E-state index contributed by atoms with van der Waals surface area (Å²) < 4.78 is 32.1. The average Bonchev–Trinajstić information content (AvgIpc) is 0.836. The van der Waals surface area contributed by atoms with Gasteiger partial charge >= 0.3 is 0 Å². The molecule has 0 atom stereocenters. The molecular weight excluding hydrogens is 1510 g/mol. The highest BCUT2D eigenvalue weighted by molar-refractivity contribution is 7.89. The van der Waals surface area contributed by atoms with Crippen molar-refractivity contribution in [2.75, 3.05) is 96.0 Å². The smallest absolute Gasteiger partial charge is 0.257 e. The van der Waals surface area contributed by atoms with Crippen LogP contribution in [0.3, 0.4) is 0 Å². The van der Waals surface area contributed by atoms with E-state index in [1.807, 2.05) is 103 Å². The number of aliphatic hydroxyl groups excluding tert-OH is 2. The zero-order valence-electron chi connectivity index (χ0n) is 60.3. The molecule has 12 aromatic rings. The van der Waals surface area contributed by atoms with Gasteiger partial charge in [-0.25, -0.2) is 23.1 Å². The van der Waals surface area contributed by atoms with Crippen LogP contribution in [0.5, 0.6) is 0 Å². The number of amides is 4. The van der Waals surface area contributed by atoms with Gasteiger partial charge in [-0.1, -0.05) is 77.6 Å². The number of hydrogen-bond acceptors (Lipinski definition) is 18. The van der Waals surface area contributed by atoms with Crippen LogP contribution in [0.2, 0.25) is 20.1 Å². The van der Waals surface area contributed by atoms with E-state index < -0.39 is 10.0 Å². The molecule has 13 rings (SSSR count). The molecule has 568 valence electrons. The molecule has 0 saturated carbocycles. The number of aryl methyl sites for hydroxylation is 1. The average molecular weight is 1590 g/mol. The van der Waals surface area contributed by atoms with Gasteiger partial charge in [0.2, 0.25) is 10.0 Å². The van der Waals surface area contributed by atoms with Crippen molar-refractivity contribution in [3.8, 4) is 45.0 Å². The summed E-state index contributed by atoms with van der Waals surface area (Å²) in [5.74, 6) is 0.278. The van der Waals surface area contributed by atoms with Gasteiger partial charge in [-0.2, -0.15) is 0 Å². The lowest BCUT2D eigenvalue weighted by Crippen LogP contribution is -2.36. The summed E-state index contributed by atoms with van der Waals surface area (Å²) in [5, 5.41) is 37.5. The molecule has 1 saturated heterocycles. The second kappa shape index (κ2) is 41.3. The quantitative estimate of drug-likeness (QED) is 0.0254. The lowest BCUT2D eigenvalue weighted by atomic mass is 10.1. The number of hydrogen-bond donors (Lipinski definition) is 9. The molecule has 7 heterocycles. The number of carbonyl (C=O) groups is 4. The third-order valence-electron chi connectivity index (χ3n) is 16.5. The van der Waals surface area contributed by atoms with Crippen molar-refractivity contribution >= 4 is 120 Å². The van der Waals surface area contributed by atoms with Gasteiger partial charge in [0.05, 0.1) is 78.8 Å². The monoisotopic (exact) mass is 1590 g/mol. The summed E-state index contributed by atoms with van der Waals surface area (Å²) in [6.07, 6.45) is 9.70. The number of halogens is 4. The van der Waals surface area contributed by atoms with E-state index in [0.717, 1.165) is 78.7 Å². The van der Waals surface area contributed by atoms with Crippen molar-refractivity contribution in [3.63, 3.8) is 0 Å². The van der Waals surface area contributed by atoms with E-state index in [1.54, 1.807) is 129 Å². The number of nitrogens with zero attached hydrogens (tertiary/aromatic N) is 7. The van der Waals surface area contributed by atoms with E-state index >= 15 is 0 Å². The van der Waals surface area contributed by atoms with Crippen LogP contribution in [0.1, 0.15) is 66.9 Å². The molecular formula is C83H78Cl4N14O9S. The fraction of sp³-hybridized carbons (Fsp3) is 0.157. The molecule has 1 aliphatic rings. The number of ether oxygens (including phenoxy) is 1. The number of anilines is 7. The normalized spacial score (nSPS) is 11.5. The Labute approximate surface area is 663 Å². The van der Waals surface area contributed by atoms with Gasteiger partial charge in [-0.15, -0.1) is 0 Å². The number of sulfonamides is 1. The van der Waals surface area contributed by atoms with E-state index in [1.165, 1.54) is 24.3 Å². The summed E-state index contributed by atoms with van der Waals surface area (Å²) in [5.41, 5.74) is 12.0. The number of benzene rings is 6. The number of nitrogens with one attached hydrogen (secondary N) is 7. The van der Waals surface area contributed by atoms with Gasteiger partial charge in [-0.05, 0) is 214 Å². The topological polar surface area (TPSA) is 317 Å². The summed E-state index contributed by atoms with van der Waals surface area (Å²) in [6, 6.07) is 63.4. The number of carbonyl (C=O) groups excluding carboxylic acids is 4. The number of rotatable bonds is 24. The van der Waals surface area contributed by atoms with Crippen molar-refractivity contribution in [3.05, 3.63) is 297 Å². The second-order valence-corrected chi connectivity index (χ2v) is 27.8. The molecule has 6 aromatic carbocycles. The number of aliphatic hydroxyl groups is 2. The molecule has 28 heteroatoms. The number of aromatic nitrogens is 6. The van der Waals surface area contributed by atoms with Crippen molar-refractivity contribution in [1.82, 2.24) is 34.6 Å². The van der Waals surface area contributed by atoms with Crippen molar-refractivity contribution < 1.29 is 42.5 Å². The van der Waals surface area contributed by atoms with E-state index in [0.29, 0.717) is 107 Å².